The number of carboxylic acids is 1. The van der Waals surface area contributed by atoms with E-state index in [2.05, 4.69) is 12.1 Å². The molecule has 1 aromatic carbocycles. The Labute approximate surface area is 182 Å². The largest absolute Gasteiger partial charge is 0.481 e. The Kier molecular flexibility index (Phi) is 8.69. The first-order chi connectivity index (χ1) is 14.5. The predicted octanol–water partition coefficient (Wildman–Crippen LogP) is 4.89. The number of aliphatic hydroxyl groups excluding tert-OH is 3. The van der Waals surface area contributed by atoms with Crippen LogP contribution in [0.15, 0.2) is 30.3 Å². The van der Waals surface area contributed by atoms with Crippen molar-refractivity contribution in [2.75, 3.05) is 0 Å². The second-order valence-corrected chi connectivity index (χ2v) is 9.79. The Morgan fingerprint density at radius 3 is 2.40 bits per heavy atom. The molecule has 1 saturated carbocycles. The average molecular weight is 435 g/mol. The zero-order valence-electron chi connectivity index (χ0n) is 17.4. The van der Waals surface area contributed by atoms with Crippen molar-refractivity contribution in [3.8, 4) is 0 Å². The highest BCUT2D eigenvalue weighted by Gasteiger charge is 2.40. The van der Waals surface area contributed by atoms with E-state index in [0.29, 0.717) is 19.3 Å². The highest BCUT2D eigenvalue weighted by atomic mass is 32.1. The Balaban J connectivity index is 1.45. The van der Waals surface area contributed by atoms with E-state index in [-0.39, 0.29) is 18.3 Å². The van der Waals surface area contributed by atoms with E-state index >= 15 is 0 Å². The molecule has 0 saturated heterocycles. The van der Waals surface area contributed by atoms with Gasteiger partial charge in [-0.15, -0.1) is 11.3 Å². The summed E-state index contributed by atoms with van der Waals surface area (Å²) in [6.45, 7) is 0. The van der Waals surface area contributed by atoms with Crippen molar-refractivity contribution >= 4 is 27.4 Å². The third-order valence-electron chi connectivity index (χ3n) is 6.50. The van der Waals surface area contributed by atoms with Crippen LogP contribution in [-0.2, 0) is 4.79 Å². The van der Waals surface area contributed by atoms with E-state index in [1.54, 1.807) is 11.3 Å². The maximum absolute atomic E-state index is 10.7. The number of aliphatic hydroxyl groups is 3. The van der Waals surface area contributed by atoms with E-state index in [0.717, 1.165) is 48.8 Å². The third kappa shape index (κ3) is 6.27. The lowest BCUT2D eigenvalue weighted by Crippen LogP contribution is -2.23. The number of benzene rings is 1. The van der Waals surface area contributed by atoms with Crippen LogP contribution < -0.4 is 0 Å². The summed E-state index contributed by atoms with van der Waals surface area (Å²) in [5.41, 5.74) is 0. The van der Waals surface area contributed by atoms with E-state index in [9.17, 15) is 20.1 Å². The molecule has 6 heteroatoms. The maximum Gasteiger partial charge on any atom is 0.303 e. The molecule has 0 aliphatic heterocycles. The molecule has 2 aromatic rings. The average Bonchev–Trinajstić information content (AvgIpc) is 3.26. The molecule has 0 amide bonds. The van der Waals surface area contributed by atoms with Gasteiger partial charge in [-0.25, -0.2) is 0 Å². The molecule has 3 rings (SSSR count). The van der Waals surface area contributed by atoms with Gasteiger partial charge in [0.2, 0.25) is 0 Å². The zero-order valence-corrected chi connectivity index (χ0v) is 18.3. The van der Waals surface area contributed by atoms with Gasteiger partial charge in [-0.3, -0.25) is 4.79 Å². The third-order valence-corrected chi connectivity index (χ3v) is 7.71. The summed E-state index contributed by atoms with van der Waals surface area (Å²) in [5.74, 6) is -0.636. The van der Waals surface area contributed by atoms with Crippen molar-refractivity contribution in [3.63, 3.8) is 0 Å². The highest BCUT2D eigenvalue weighted by molar-refractivity contribution is 7.19. The standard InChI is InChI=1S/C24H34O5S/c25-19(23-14-16-8-6-7-10-22(16)30-23)13-12-18-17(20(26)15-21(18)27)9-4-2-1-3-5-11-24(28)29/h6-8,10,14,17-21,25-27H,1-5,9,11-13,15H2,(H,28,29). The van der Waals surface area contributed by atoms with E-state index in [1.807, 2.05) is 18.2 Å². The SMILES string of the molecule is O=C(O)CCCCCCCC1C(O)CC(O)C1CCC(O)c1cc2ccccc2s1. The molecule has 1 fully saturated rings. The number of thiophene rings is 1. The zero-order chi connectivity index (χ0) is 21.5. The first-order valence-corrected chi connectivity index (χ1v) is 12.0. The lowest BCUT2D eigenvalue weighted by molar-refractivity contribution is -0.137. The van der Waals surface area contributed by atoms with Gasteiger partial charge in [-0.05, 0) is 61.5 Å². The fraction of sp³-hybridized carbons (Fsp3) is 0.625. The Morgan fingerprint density at radius 2 is 1.67 bits per heavy atom. The number of carbonyl (C=O) groups is 1. The molecular weight excluding hydrogens is 400 g/mol. The van der Waals surface area contributed by atoms with E-state index < -0.39 is 24.3 Å². The summed E-state index contributed by atoms with van der Waals surface area (Å²) >= 11 is 1.62. The number of aliphatic carboxylic acids is 1. The number of carboxylic acid groups (broad SMARTS) is 1. The normalized spacial score (nSPS) is 25.0. The lowest BCUT2D eigenvalue weighted by atomic mass is 9.84. The minimum atomic E-state index is -0.737. The second-order valence-electron chi connectivity index (χ2n) is 8.68. The minimum absolute atomic E-state index is 0.0241. The van der Waals surface area contributed by atoms with Gasteiger partial charge in [-0.2, -0.15) is 0 Å². The molecule has 30 heavy (non-hydrogen) atoms. The summed E-state index contributed by atoms with van der Waals surface area (Å²) in [6.07, 6.45) is 5.97. The maximum atomic E-state index is 10.7. The van der Waals surface area contributed by atoms with Crippen molar-refractivity contribution in [2.24, 2.45) is 11.8 Å². The van der Waals surface area contributed by atoms with Crippen LogP contribution in [0.3, 0.4) is 0 Å². The van der Waals surface area contributed by atoms with Crippen LogP contribution in [-0.4, -0.2) is 38.6 Å². The van der Waals surface area contributed by atoms with E-state index in [1.165, 1.54) is 4.70 Å². The Hall–Kier alpha value is -1.47. The number of hydrogen-bond acceptors (Lipinski definition) is 5. The van der Waals surface area contributed by atoms with E-state index in [4.69, 9.17) is 5.11 Å². The van der Waals surface area contributed by atoms with Crippen molar-refractivity contribution < 1.29 is 25.2 Å². The van der Waals surface area contributed by atoms with Crippen molar-refractivity contribution in [1.82, 2.24) is 0 Å². The molecule has 0 radical (unpaired) electrons. The molecule has 0 spiro atoms. The summed E-state index contributed by atoms with van der Waals surface area (Å²) in [5, 5.41) is 41.4. The van der Waals surface area contributed by atoms with Crippen LogP contribution in [0.2, 0.25) is 0 Å². The smallest absolute Gasteiger partial charge is 0.303 e. The monoisotopic (exact) mass is 434 g/mol. The summed E-state index contributed by atoms with van der Waals surface area (Å²) < 4.78 is 1.17. The summed E-state index contributed by atoms with van der Waals surface area (Å²) in [6, 6.07) is 10.2. The molecule has 5 nitrogen and oxygen atoms in total. The topological polar surface area (TPSA) is 98.0 Å². The molecule has 1 aliphatic carbocycles. The molecule has 1 aliphatic rings. The molecule has 4 N–H and O–H groups in total. The van der Waals surface area contributed by atoms with Gasteiger partial charge in [-0.1, -0.05) is 43.9 Å². The lowest BCUT2D eigenvalue weighted by Gasteiger charge is -2.24. The predicted molar refractivity (Wildman–Crippen MR) is 120 cm³/mol. The minimum Gasteiger partial charge on any atom is -0.481 e. The van der Waals surface area contributed by atoms with Crippen LogP contribution in [0.1, 0.15) is 75.2 Å². The van der Waals surface area contributed by atoms with Crippen LogP contribution >= 0.6 is 11.3 Å². The first kappa shape index (κ1) is 23.2. The van der Waals surface area contributed by atoms with Crippen LogP contribution in [0, 0.1) is 11.8 Å². The number of fused-ring (bicyclic) bond motifs is 1. The van der Waals surface area contributed by atoms with Crippen molar-refractivity contribution in [2.45, 2.75) is 82.5 Å². The molecule has 5 atom stereocenters. The highest BCUT2D eigenvalue weighted by Crippen LogP contribution is 2.41. The number of unbranched alkanes of at least 4 members (excludes halogenated alkanes) is 4. The fourth-order valence-electron chi connectivity index (χ4n) is 4.83. The van der Waals surface area contributed by atoms with Gasteiger partial charge in [0.15, 0.2) is 0 Å². The van der Waals surface area contributed by atoms with Gasteiger partial charge in [0.25, 0.3) is 0 Å². The van der Waals surface area contributed by atoms with Crippen LogP contribution in [0.5, 0.6) is 0 Å². The number of hydrogen-bond donors (Lipinski definition) is 4. The Morgan fingerprint density at radius 1 is 1.00 bits per heavy atom. The van der Waals surface area contributed by atoms with Crippen molar-refractivity contribution in [1.29, 1.82) is 0 Å². The van der Waals surface area contributed by atoms with Gasteiger partial charge in [0.05, 0.1) is 18.3 Å². The second kappa shape index (κ2) is 11.2. The molecule has 1 aromatic heterocycles. The quantitative estimate of drug-likeness (QED) is 0.357. The molecule has 0 bridgehead atoms. The first-order valence-electron chi connectivity index (χ1n) is 11.2. The van der Waals surface area contributed by atoms with Crippen molar-refractivity contribution in [3.05, 3.63) is 35.2 Å². The van der Waals surface area contributed by atoms with Gasteiger partial charge >= 0.3 is 5.97 Å². The number of rotatable bonds is 12. The molecular formula is C24H34O5S. The van der Waals surface area contributed by atoms with Gasteiger partial charge in [0.1, 0.15) is 0 Å². The summed E-state index contributed by atoms with van der Waals surface area (Å²) in [4.78, 5) is 11.5. The summed E-state index contributed by atoms with van der Waals surface area (Å²) in [7, 11) is 0. The molecule has 166 valence electrons. The van der Waals surface area contributed by atoms with Gasteiger partial charge in [0, 0.05) is 16.0 Å². The molecule has 5 unspecified atom stereocenters. The fourth-order valence-corrected chi connectivity index (χ4v) is 5.91. The Bertz CT molecular complexity index is 771. The van der Waals surface area contributed by atoms with Crippen LogP contribution in [0.4, 0.5) is 0 Å². The van der Waals surface area contributed by atoms with Gasteiger partial charge < -0.3 is 20.4 Å². The molecule has 1 heterocycles. The van der Waals surface area contributed by atoms with Crippen LogP contribution in [0.25, 0.3) is 10.1 Å².